The molecule has 4 heteroatoms. The van der Waals surface area contributed by atoms with Crippen LogP contribution in [0.15, 0.2) is 97.2 Å². The molecule has 0 saturated carbocycles. The van der Waals surface area contributed by atoms with Crippen LogP contribution in [0, 0.1) is 0 Å². The van der Waals surface area contributed by atoms with Crippen molar-refractivity contribution in [3.63, 3.8) is 0 Å². The van der Waals surface area contributed by atoms with Crippen LogP contribution < -0.4 is 5.32 Å². The Labute approximate surface area is 436 Å². The molecule has 0 aromatic rings. The quantitative estimate of drug-likeness (QED) is 0.0420. The average Bonchev–Trinajstić information content (AvgIpc) is 3.36. The van der Waals surface area contributed by atoms with E-state index < -0.39 is 12.1 Å². The van der Waals surface area contributed by atoms with Crippen molar-refractivity contribution in [3.05, 3.63) is 97.2 Å². The zero-order valence-corrected chi connectivity index (χ0v) is 46.5. The number of aliphatic hydroxyl groups is 2. The fourth-order valence-electron chi connectivity index (χ4n) is 8.98. The van der Waals surface area contributed by atoms with Gasteiger partial charge in [-0.05, 0) is 77.0 Å². The lowest BCUT2D eigenvalue weighted by Gasteiger charge is -2.20. The van der Waals surface area contributed by atoms with Gasteiger partial charge in [0.2, 0.25) is 5.91 Å². The average molecular weight is 973 g/mol. The molecule has 0 fully saturated rings. The number of carbonyl (C=O) groups is 1. The lowest BCUT2D eigenvalue weighted by atomic mass is 10.0. The Balaban J connectivity index is 3.53. The number of rotatable bonds is 55. The molecule has 0 radical (unpaired) electrons. The van der Waals surface area contributed by atoms with Crippen molar-refractivity contribution in [2.75, 3.05) is 6.61 Å². The van der Waals surface area contributed by atoms with Gasteiger partial charge in [0.25, 0.3) is 0 Å². The summed E-state index contributed by atoms with van der Waals surface area (Å²) in [4.78, 5) is 12.5. The van der Waals surface area contributed by atoms with Gasteiger partial charge in [-0.25, -0.2) is 0 Å². The van der Waals surface area contributed by atoms with Crippen LogP contribution in [0.4, 0.5) is 0 Å². The van der Waals surface area contributed by atoms with Gasteiger partial charge in [-0.3, -0.25) is 4.79 Å². The third kappa shape index (κ3) is 56.2. The van der Waals surface area contributed by atoms with Crippen LogP contribution in [0.2, 0.25) is 0 Å². The lowest BCUT2D eigenvalue weighted by Crippen LogP contribution is -2.45. The van der Waals surface area contributed by atoms with Gasteiger partial charge in [0, 0.05) is 6.42 Å². The minimum atomic E-state index is -0.846. The molecule has 70 heavy (non-hydrogen) atoms. The van der Waals surface area contributed by atoms with Crippen LogP contribution in [0.25, 0.3) is 0 Å². The third-order valence-electron chi connectivity index (χ3n) is 13.6. The highest BCUT2D eigenvalue weighted by Crippen LogP contribution is 2.17. The summed E-state index contributed by atoms with van der Waals surface area (Å²) < 4.78 is 0. The van der Waals surface area contributed by atoms with Crippen LogP contribution in [-0.2, 0) is 4.79 Å². The Hall–Kier alpha value is -2.69. The number of hydrogen-bond acceptors (Lipinski definition) is 3. The van der Waals surface area contributed by atoms with Crippen molar-refractivity contribution in [1.29, 1.82) is 0 Å². The number of carbonyl (C=O) groups excluding carboxylic acids is 1. The van der Waals surface area contributed by atoms with Crippen LogP contribution >= 0.6 is 0 Å². The predicted octanol–water partition coefficient (Wildman–Crippen LogP) is 20.5. The van der Waals surface area contributed by atoms with Gasteiger partial charge in [-0.2, -0.15) is 0 Å². The van der Waals surface area contributed by atoms with E-state index in [0.717, 1.165) is 70.6 Å². The van der Waals surface area contributed by atoms with E-state index in [9.17, 15) is 15.0 Å². The first-order valence-corrected chi connectivity index (χ1v) is 30.5. The highest BCUT2D eigenvalue weighted by molar-refractivity contribution is 5.76. The number of nitrogens with one attached hydrogen (secondary N) is 1. The molecule has 0 bridgehead atoms. The topological polar surface area (TPSA) is 69.6 Å². The molecule has 0 aliphatic heterocycles. The Kier molecular flexibility index (Phi) is 58.3. The van der Waals surface area contributed by atoms with Gasteiger partial charge in [-0.1, -0.05) is 310 Å². The Morgan fingerprint density at radius 2 is 0.629 bits per heavy atom. The maximum Gasteiger partial charge on any atom is 0.220 e. The highest BCUT2D eigenvalue weighted by atomic mass is 16.3. The van der Waals surface area contributed by atoms with E-state index in [4.69, 9.17) is 0 Å². The summed E-state index contributed by atoms with van der Waals surface area (Å²) in [5.41, 5.74) is 0. The van der Waals surface area contributed by atoms with E-state index in [1.54, 1.807) is 6.08 Å². The van der Waals surface area contributed by atoms with Gasteiger partial charge < -0.3 is 15.5 Å². The van der Waals surface area contributed by atoms with Crippen molar-refractivity contribution in [2.45, 2.75) is 309 Å². The van der Waals surface area contributed by atoms with Crippen LogP contribution in [0.1, 0.15) is 296 Å². The molecule has 3 N–H and O–H groups in total. The van der Waals surface area contributed by atoms with Gasteiger partial charge in [0.1, 0.15) is 0 Å². The third-order valence-corrected chi connectivity index (χ3v) is 13.6. The standard InChI is InChI=1S/C66H117NO3/c1-3-5-7-9-11-13-15-17-19-21-23-25-27-28-29-30-31-32-33-34-35-36-37-38-40-42-44-46-48-50-52-54-56-58-60-62-66(70)67-64(63-68)65(69)61-59-57-55-53-51-49-47-45-43-41-39-26-24-22-20-18-16-14-12-10-8-6-4-2/h5,7,11,13,17,19,23,25,28-29,31-32,34-35,59,61,64-65,68-69H,3-4,6,8-10,12,14-16,18,20-22,24,26-27,30,33,36-58,60,62-63H2,1-2H3,(H,67,70)/b7-5-,13-11-,19-17-,25-23-,29-28-,32-31-,35-34-,61-59+. The molecular weight excluding hydrogens is 855 g/mol. The van der Waals surface area contributed by atoms with E-state index >= 15 is 0 Å². The second-order valence-corrected chi connectivity index (χ2v) is 20.4. The summed E-state index contributed by atoms with van der Waals surface area (Å²) >= 11 is 0. The second-order valence-electron chi connectivity index (χ2n) is 20.4. The summed E-state index contributed by atoms with van der Waals surface area (Å²) in [7, 11) is 0. The largest absolute Gasteiger partial charge is 0.394 e. The molecule has 2 unspecified atom stereocenters. The summed E-state index contributed by atoms with van der Waals surface area (Å²) in [6.45, 7) is 4.21. The molecule has 0 aliphatic rings. The van der Waals surface area contributed by atoms with Crippen molar-refractivity contribution in [3.8, 4) is 0 Å². The minimum Gasteiger partial charge on any atom is -0.394 e. The molecular formula is C66H117NO3. The number of aliphatic hydroxyl groups excluding tert-OH is 2. The fraction of sp³-hybridized carbons (Fsp3) is 0.742. The molecule has 0 aromatic heterocycles. The van der Waals surface area contributed by atoms with Gasteiger partial charge >= 0.3 is 0 Å². The van der Waals surface area contributed by atoms with E-state index in [-0.39, 0.29) is 12.5 Å². The van der Waals surface area contributed by atoms with E-state index in [2.05, 4.69) is 104 Å². The number of allylic oxidation sites excluding steroid dienone is 15. The number of hydrogen-bond donors (Lipinski definition) is 3. The molecule has 0 spiro atoms. The predicted molar refractivity (Wildman–Crippen MR) is 313 cm³/mol. The van der Waals surface area contributed by atoms with Crippen LogP contribution in [0.3, 0.4) is 0 Å². The van der Waals surface area contributed by atoms with Gasteiger partial charge in [0.15, 0.2) is 0 Å². The van der Waals surface area contributed by atoms with Gasteiger partial charge in [0.05, 0.1) is 18.8 Å². The molecule has 1 amide bonds. The Morgan fingerprint density at radius 1 is 0.357 bits per heavy atom. The van der Waals surface area contributed by atoms with Crippen molar-refractivity contribution in [2.24, 2.45) is 0 Å². The van der Waals surface area contributed by atoms with Crippen LogP contribution in [-0.4, -0.2) is 34.9 Å². The monoisotopic (exact) mass is 972 g/mol. The molecule has 0 rings (SSSR count). The smallest absolute Gasteiger partial charge is 0.220 e. The lowest BCUT2D eigenvalue weighted by molar-refractivity contribution is -0.123. The first-order chi connectivity index (χ1) is 34.7. The Bertz CT molecular complexity index is 1290. The van der Waals surface area contributed by atoms with E-state index in [0.29, 0.717) is 6.42 Å². The first kappa shape index (κ1) is 67.3. The second kappa shape index (κ2) is 60.6. The van der Waals surface area contributed by atoms with Gasteiger partial charge in [-0.15, -0.1) is 0 Å². The SMILES string of the molecule is CC/C=C\C/C=C\C/C=C\C/C=C\C/C=C\C/C=C\C/C=C\CCCCCCCCCCCCCCCC(=O)NC(CO)C(O)/C=C/CCCCCCCCCCCCCCCCCCCCCCC. The maximum atomic E-state index is 12.5. The molecule has 404 valence electrons. The zero-order valence-electron chi connectivity index (χ0n) is 46.5. The highest BCUT2D eigenvalue weighted by Gasteiger charge is 2.18. The maximum absolute atomic E-state index is 12.5. The molecule has 0 aromatic carbocycles. The van der Waals surface area contributed by atoms with Crippen molar-refractivity contribution < 1.29 is 15.0 Å². The van der Waals surface area contributed by atoms with Crippen molar-refractivity contribution in [1.82, 2.24) is 5.32 Å². The molecule has 0 aliphatic carbocycles. The molecule has 4 nitrogen and oxygen atoms in total. The normalized spacial score (nSPS) is 13.5. The summed E-state index contributed by atoms with van der Waals surface area (Å²) in [5.74, 6) is -0.0656. The van der Waals surface area contributed by atoms with Crippen LogP contribution in [0.5, 0.6) is 0 Å². The number of amides is 1. The summed E-state index contributed by atoms with van der Waals surface area (Å²) in [5, 5.41) is 23.2. The van der Waals surface area contributed by atoms with E-state index in [1.165, 1.54) is 205 Å². The molecule has 0 saturated heterocycles. The Morgan fingerprint density at radius 3 is 0.943 bits per heavy atom. The summed E-state index contributed by atoms with van der Waals surface area (Å²) in [6, 6.07) is -0.629. The number of unbranched alkanes of at least 4 members (excludes halogenated alkanes) is 34. The fourth-order valence-corrected chi connectivity index (χ4v) is 8.98. The summed E-state index contributed by atoms with van der Waals surface area (Å²) in [6.07, 6.45) is 90.1. The zero-order chi connectivity index (χ0) is 50.6. The minimum absolute atomic E-state index is 0.0656. The molecule has 0 heterocycles. The molecule has 2 atom stereocenters. The van der Waals surface area contributed by atoms with E-state index in [1.807, 2.05) is 6.08 Å². The van der Waals surface area contributed by atoms with Crippen molar-refractivity contribution >= 4 is 5.91 Å². The first-order valence-electron chi connectivity index (χ1n) is 30.5.